The molecule has 0 aliphatic carbocycles. The maximum Gasteiger partial charge on any atom is 0.260 e. The lowest BCUT2D eigenvalue weighted by Crippen LogP contribution is -2.38. The van der Waals surface area contributed by atoms with Gasteiger partial charge in [-0.1, -0.05) is 18.2 Å². The summed E-state index contributed by atoms with van der Waals surface area (Å²) in [4.78, 5) is 30.8. The summed E-state index contributed by atoms with van der Waals surface area (Å²) in [6.07, 6.45) is 1.34. The van der Waals surface area contributed by atoms with E-state index in [-0.39, 0.29) is 23.4 Å². The highest BCUT2D eigenvalue weighted by atomic mass is 19.1. The van der Waals surface area contributed by atoms with Crippen molar-refractivity contribution in [1.29, 1.82) is 0 Å². The average molecular weight is 504 g/mol. The zero-order valence-electron chi connectivity index (χ0n) is 21.7. The molecule has 0 spiro atoms. The topological polar surface area (TPSA) is 61.9 Å². The van der Waals surface area contributed by atoms with Gasteiger partial charge in [0, 0.05) is 43.3 Å². The van der Waals surface area contributed by atoms with E-state index in [1.807, 2.05) is 50.4 Å². The molecule has 37 heavy (non-hydrogen) atoms. The normalized spacial score (nSPS) is 13.9. The van der Waals surface area contributed by atoms with Crippen molar-refractivity contribution in [3.8, 4) is 5.75 Å². The number of anilines is 2. The molecule has 0 aromatic heterocycles. The standard InChI is InChI=1S/C30H34FN3O3/c1-4-34(26-7-5-6-8-28(26)37-3)30(36)25-14-9-21(20-32-2)19-27(25)33-17-15-23(16-18-33)29(35)22-10-12-24(31)13-11-22/h5-14,19,23,32H,4,15-18,20H2,1-3H3. The van der Waals surface area contributed by atoms with Gasteiger partial charge in [0.2, 0.25) is 0 Å². The lowest BCUT2D eigenvalue weighted by molar-refractivity contribution is 0.0899. The van der Waals surface area contributed by atoms with Gasteiger partial charge in [-0.15, -0.1) is 0 Å². The number of piperidine rings is 1. The molecule has 0 bridgehead atoms. The number of nitrogens with zero attached hydrogens (tertiary/aromatic N) is 2. The number of Topliss-reactive ketones (excluding diaryl/α,β-unsaturated/α-hetero) is 1. The van der Waals surface area contributed by atoms with Gasteiger partial charge < -0.3 is 19.9 Å². The molecule has 0 atom stereocenters. The number of carbonyl (C=O) groups is 2. The second-order valence-corrected chi connectivity index (χ2v) is 9.24. The number of hydrogen-bond acceptors (Lipinski definition) is 5. The first-order chi connectivity index (χ1) is 18.0. The van der Waals surface area contributed by atoms with Crippen molar-refractivity contribution in [3.63, 3.8) is 0 Å². The quantitative estimate of drug-likeness (QED) is 0.401. The highest BCUT2D eigenvalue weighted by Crippen LogP contribution is 2.33. The van der Waals surface area contributed by atoms with E-state index in [2.05, 4.69) is 16.3 Å². The zero-order chi connectivity index (χ0) is 26.4. The molecule has 194 valence electrons. The number of ketones is 1. The molecule has 6 nitrogen and oxygen atoms in total. The van der Waals surface area contributed by atoms with E-state index < -0.39 is 0 Å². The largest absolute Gasteiger partial charge is 0.495 e. The van der Waals surface area contributed by atoms with Crippen LogP contribution in [-0.4, -0.2) is 45.5 Å². The number of ether oxygens (including phenoxy) is 1. The summed E-state index contributed by atoms with van der Waals surface area (Å²) in [6.45, 7) is 4.44. The van der Waals surface area contributed by atoms with Crippen molar-refractivity contribution in [3.05, 3.63) is 89.2 Å². The Balaban J connectivity index is 1.59. The van der Waals surface area contributed by atoms with Gasteiger partial charge in [-0.25, -0.2) is 4.39 Å². The van der Waals surface area contributed by atoms with Crippen molar-refractivity contribution < 1.29 is 18.7 Å². The van der Waals surface area contributed by atoms with Crippen molar-refractivity contribution in [2.45, 2.75) is 26.3 Å². The molecular formula is C30H34FN3O3. The number of rotatable bonds is 9. The summed E-state index contributed by atoms with van der Waals surface area (Å²) < 4.78 is 18.8. The molecular weight excluding hydrogens is 469 g/mol. The van der Waals surface area contributed by atoms with Crippen LogP contribution in [0.3, 0.4) is 0 Å². The third-order valence-corrected chi connectivity index (χ3v) is 6.95. The molecule has 1 N–H and O–H groups in total. The minimum Gasteiger partial charge on any atom is -0.495 e. The van der Waals surface area contributed by atoms with Gasteiger partial charge in [-0.2, -0.15) is 0 Å². The third-order valence-electron chi connectivity index (χ3n) is 6.95. The van der Waals surface area contributed by atoms with Gasteiger partial charge in [0.15, 0.2) is 5.78 Å². The third kappa shape index (κ3) is 5.83. The van der Waals surface area contributed by atoms with Crippen LogP contribution < -0.4 is 19.9 Å². The van der Waals surface area contributed by atoms with E-state index in [1.165, 1.54) is 12.1 Å². The highest BCUT2D eigenvalue weighted by molar-refractivity contribution is 6.10. The van der Waals surface area contributed by atoms with Crippen LogP contribution in [0.4, 0.5) is 15.8 Å². The maximum atomic E-state index is 13.9. The fraction of sp³-hybridized carbons (Fsp3) is 0.333. The molecule has 1 aliphatic heterocycles. The van der Waals surface area contributed by atoms with Gasteiger partial charge >= 0.3 is 0 Å². The molecule has 1 heterocycles. The van der Waals surface area contributed by atoms with Gasteiger partial charge in [0.25, 0.3) is 5.91 Å². The SMILES string of the molecule is CCN(C(=O)c1ccc(CNC)cc1N1CCC(C(=O)c2ccc(F)cc2)CC1)c1ccccc1OC. The number of amides is 1. The molecule has 1 fully saturated rings. The smallest absolute Gasteiger partial charge is 0.260 e. The number of carbonyl (C=O) groups excluding carboxylic acids is 2. The predicted molar refractivity (Wildman–Crippen MR) is 145 cm³/mol. The van der Waals surface area contributed by atoms with E-state index in [0.29, 0.717) is 55.9 Å². The lowest BCUT2D eigenvalue weighted by atomic mass is 9.88. The van der Waals surface area contributed by atoms with Crippen LogP contribution in [0.5, 0.6) is 5.75 Å². The number of halogens is 1. The number of benzene rings is 3. The summed E-state index contributed by atoms with van der Waals surface area (Å²) in [5.41, 5.74) is 3.85. The van der Waals surface area contributed by atoms with E-state index in [4.69, 9.17) is 4.74 Å². The first-order valence-corrected chi connectivity index (χ1v) is 12.7. The molecule has 1 aliphatic rings. The zero-order valence-corrected chi connectivity index (χ0v) is 21.7. The van der Waals surface area contributed by atoms with E-state index in [0.717, 1.165) is 16.9 Å². The Bertz CT molecular complexity index is 1240. The van der Waals surface area contributed by atoms with Crippen molar-refractivity contribution in [2.24, 2.45) is 5.92 Å². The van der Waals surface area contributed by atoms with Crippen molar-refractivity contribution in [2.75, 3.05) is 43.6 Å². The molecule has 3 aromatic carbocycles. The summed E-state index contributed by atoms with van der Waals surface area (Å²) in [5, 5.41) is 3.18. The molecule has 0 saturated carbocycles. The van der Waals surface area contributed by atoms with Crippen LogP contribution >= 0.6 is 0 Å². The Hall–Kier alpha value is -3.71. The summed E-state index contributed by atoms with van der Waals surface area (Å²) in [5.74, 6) is 0.128. The predicted octanol–water partition coefficient (Wildman–Crippen LogP) is 5.32. The van der Waals surface area contributed by atoms with Gasteiger partial charge in [0.05, 0.1) is 18.4 Å². The van der Waals surface area contributed by atoms with Crippen LogP contribution in [0.2, 0.25) is 0 Å². The van der Waals surface area contributed by atoms with Crippen molar-refractivity contribution in [1.82, 2.24) is 5.32 Å². The Morgan fingerprint density at radius 2 is 1.76 bits per heavy atom. The molecule has 0 radical (unpaired) electrons. The van der Waals surface area contributed by atoms with E-state index >= 15 is 0 Å². The molecule has 7 heteroatoms. The first kappa shape index (κ1) is 26.4. The molecule has 3 aromatic rings. The maximum absolute atomic E-state index is 13.9. The van der Waals surface area contributed by atoms with Crippen LogP contribution in [0.1, 0.15) is 46.0 Å². The lowest BCUT2D eigenvalue weighted by Gasteiger charge is -2.35. The number of methoxy groups -OCH3 is 1. The first-order valence-electron chi connectivity index (χ1n) is 12.7. The fourth-order valence-corrected chi connectivity index (χ4v) is 4.99. The van der Waals surface area contributed by atoms with Crippen LogP contribution in [-0.2, 0) is 6.54 Å². The number of para-hydroxylation sites is 2. The van der Waals surface area contributed by atoms with Crippen LogP contribution in [0.15, 0.2) is 66.7 Å². The van der Waals surface area contributed by atoms with Crippen molar-refractivity contribution >= 4 is 23.1 Å². The Kier molecular flexibility index (Phi) is 8.56. The van der Waals surface area contributed by atoms with Gasteiger partial charge in [-0.3, -0.25) is 9.59 Å². The van der Waals surface area contributed by atoms with Crippen LogP contribution in [0.25, 0.3) is 0 Å². The van der Waals surface area contributed by atoms with E-state index in [9.17, 15) is 14.0 Å². The second kappa shape index (κ2) is 12.0. The summed E-state index contributed by atoms with van der Waals surface area (Å²) in [7, 11) is 3.50. The fourth-order valence-electron chi connectivity index (χ4n) is 4.99. The highest BCUT2D eigenvalue weighted by Gasteiger charge is 2.29. The minimum absolute atomic E-state index is 0.0493. The Morgan fingerprint density at radius 3 is 2.41 bits per heavy atom. The summed E-state index contributed by atoms with van der Waals surface area (Å²) >= 11 is 0. The van der Waals surface area contributed by atoms with E-state index in [1.54, 1.807) is 24.1 Å². The minimum atomic E-state index is -0.348. The second-order valence-electron chi connectivity index (χ2n) is 9.24. The Labute approximate surface area is 218 Å². The number of nitrogens with one attached hydrogen (secondary N) is 1. The monoisotopic (exact) mass is 503 g/mol. The molecule has 0 unspecified atom stereocenters. The molecule has 1 amide bonds. The van der Waals surface area contributed by atoms with Gasteiger partial charge in [-0.05, 0) is 80.9 Å². The number of hydrogen-bond donors (Lipinski definition) is 1. The van der Waals surface area contributed by atoms with Crippen LogP contribution in [0, 0.1) is 11.7 Å². The Morgan fingerprint density at radius 1 is 1.05 bits per heavy atom. The average Bonchev–Trinajstić information content (AvgIpc) is 2.94. The van der Waals surface area contributed by atoms with Gasteiger partial charge in [0.1, 0.15) is 11.6 Å². The molecule has 1 saturated heterocycles. The summed E-state index contributed by atoms with van der Waals surface area (Å²) in [6, 6.07) is 19.2. The molecule has 4 rings (SSSR count).